The number of halogens is 1. The topological polar surface area (TPSA) is 55.1 Å². The SMILES string of the molecule is Cc1c(C(=O)NCC(N)C2CC2)sc2cccc(F)c12. The molecule has 1 amide bonds. The second kappa shape index (κ2) is 5.14. The third-order valence-electron chi connectivity index (χ3n) is 3.84. The first-order valence-electron chi connectivity index (χ1n) is 6.79. The number of thiophene rings is 1. The van der Waals surface area contributed by atoms with Crippen LogP contribution in [0.4, 0.5) is 4.39 Å². The number of nitrogens with two attached hydrogens (primary N) is 1. The normalized spacial score (nSPS) is 16.4. The molecule has 1 saturated carbocycles. The molecular formula is C15H17FN2OS. The zero-order valence-electron chi connectivity index (χ0n) is 11.3. The van der Waals surface area contributed by atoms with Crippen molar-refractivity contribution in [3.8, 4) is 0 Å². The smallest absolute Gasteiger partial charge is 0.261 e. The van der Waals surface area contributed by atoms with Crippen molar-refractivity contribution in [2.24, 2.45) is 11.7 Å². The summed E-state index contributed by atoms with van der Waals surface area (Å²) in [5.41, 5.74) is 6.68. The average molecular weight is 292 g/mol. The Hall–Kier alpha value is -1.46. The van der Waals surface area contributed by atoms with Crippen molar-refractivity contribution < 1.29 is 9.18 Å². The van der Waals surface area contributed by atoms with E-state index in [0.29, 0.717) is 28.3 Å². The third-order valence-corrected chi connectivity index (χ3v) is 5.09. The largest absolute Gasteiger partial charge is 0.350 e. The Morgan fingerprint density at radius 2 is 2.30 bits per heavy atom. The van der Waals surface area contributed by atoms with E-state index in [-0.39, 0.29) is 17.8 Å². The Labute approximate surface area is 121 Å². The van der Waals surface area contributed by atoms with Crippen molar-refractivity contribution >= 4 is 27.3 Å². The maximum absolute atomic E-state index is 13.8. The second-order valence-electron chi connectivity index (χ2n) is 5.38. The van der Waals surface area contributed by atoms with Crippen LogP contribution in [0.3, 0.4) is 0 Å². The minimum absolute atomic E-state index is 0.0328. The van der Waals surface area contributed by atoms with Gasteiger partial charge in [0.25, 0.3) is 5.91 Å². The molecule has 0 aliphatic heterocycles. The molecule has 106 valence electrons. The summed E-state index contributed by atoms with van der Waals surface area (Å²) < 4.78 is 14.6. The van der Waals surface area contributed by atoms with Crippen molar-refractivity contribution in [2.45, 2.75) is 25.8 Å². The number of carbonyl (C=O) groups excluding carboxylic acids is 1. The first-order valence-corrected chi connectivity index (χ1v) is 7.61. The van der Waals surface area contributed by atoms with E-state index >= 15 is 0 Å². The van der Waals surface area contributed by atoms with Crippen LogP contribution in [-0.2, 0) is 0 Å². The fourth-order valence-electron chi connectivity index (χ4n) is 2.45. The summed E-state index contributed by atoms with van der Waals surface area (Å²) in [6, 6.07) is 4.96. The summed E-state index contributed by atoms with van der Waals surface area (Å²) in [6.45, 7) is 2.28. The third kappa shape index (κ3) is 2.43. The molecule has 1 aliphatic rings. The van der Waals surface area contributed by atoms with Gasteiger partial charge in [-0.25, -0.2) is 4.39 Å². The number of benzene rings is 1. The minimum Gasteiger partial charge on any atom is -0.350 e. The molecule has 0 saturated heterocycles. The van der Waals surface area contributed by atoms with Crippen molar-refractivity contribution in [1.82, 2.24) is 5.32 Å². The predicted octanol–water partition coefficient (Wildman–Crippen LogP) is 2.82. The van der Waals surface area contributed by atoms with Crippen LogP contribution < -0.4 is 11.1 Å². The lowest BCUT2D eigenvalue weighted by Gasteiger charge is -2.11. The zero-order chi connectivity index (χ0) is 14.3. The molecular weight excluding hydrogens is 275 g/mol. The van der Waals surface area contributed by atoms with Gasteiger partial charge in [-0.2, -0.15) is 0 Å². The molecule has 1 atom stereocenters. The van der Waals surface area contributed by atoms with Crippen molar-refractivity contribution in [2.75, 3.05) is 6.54 Å². The summed E-state index contributed by atoms with van der Waals surface area (Å²) in [5.74, 6) is 0.125. The van der Waals surface area contributed by atoms with Crippen LogP contribution >= 0.6 is 11.3 Å². The molecule has 0 radical (unpaired) electrons. The Kier molecular flexibility index (Phi) is 3.48. The Balaban J connectivity index is 1.80. The standard InChI is InChI=1S/C15H17FN2OS/c1-8-13-10(16)3-2-4-12(13)20-14(8)15(19)18-7-11(17)9-5-6-9/h2-4,9,11H,5-7,17H2,1H3,(H,18,19). The average Bonchev–Trinajstić information content (AvgIpc) is 3.21. The van der Waals surface area contributed by atoms with Gasteiger partial charge < -0.3 is 11.1 Å². The molecule has 0 spiro atoms. The van der Waals surface area contributed by atoms with Gasteiger partial charge in [0, 0.05) is 22.7 Å². The number of hydrogen-bond acceptors (Lipinski definition) is 3. The highest BCUT2D eigenvalue weighted by Gasteiger charge is 2.28. The lowest BCUT2D eigenvalue weighted by Crippen LogP contribution is -2.38. The van der Waals surface area contributed by atoms with Crippen LogP contribution in [0.5, 0.6) is 0 Å². The van der Waals surface area contributed by atoms with E-state index in [2.05, 4.69) is 5.32 Å². The van der Waals surface area contributed by atoms with Crippen molar-refractivity contribution in [3.63, 3.8) is 0 Å². The van der Waals surface area contributed by atoms with Gasteiger partial charge in [0.05, 0.1) is 4.88 Å². The number of aryl methyl sites for hydroxylation is 1. The Morgan fingerprint density at radius 3 is 2.95 bits per heavy atom. The highest BCUT2D eigenvalue weighted by atomic mass is 32.1. The van der Waals surface area contributed by atoms with Crippen molar-refractivity contribution in [3.05, 3.63) is 34.5 Å². The highest BCUT2D eigenvalue weighted by Crippen LogP contribution is 2.33. The monoisotopic (exact) mass is 292 g/mol. The molecule has 20 heavy (non-hydrogen) atoms. The number of nitrogens with one attached hydrogen (secondary N) is 1. The molecule has 1 aliphatic carbocycles. The van der Waals surface area contributed by atoms with E-state index in [1.165, 1.54) is 17.4 Å². The Bertz CT molecular complexity index is 663. The fourth-order valence-corrected chi connectivity index (χ4v) is 3.59. The molecule has 1 aromatic carbocycles. The van der Waals surface area contributed by atoms with Crippen LogP contribution in [0.1, 0.15) is 28.1 Å². The molecule has 1 unspecified atom stereocenters. The first-order chi connectivity index (χ1) is 9.58. The molecule has 1 fully saturated rings. The predicted molar refractivity (Wildman–Crippen MR) is 79.6 cm³/mol. The van der Waals surface area contributed by atoms with Gasteiger partial charge in [0.1, 0.15) is 5.82 Å². The lowest BCUT2D eigenvalue weighted by molar-refractivity contribution is 0.0954. The van der Waals surface area contributed by atoms with E-state index in [1.807, 2.05) is 6.07 Å². The van der Waals surface area contributed by atoms with E-state index in [1.54, 1.807) is 13.0 Å². The fraction of sp³-hybridized carbons (Fsp3) is 0.400. The quantitative estimate of drug-likeness (QED) is 0.910. The maximum atomic E-state index is 13.8. The highest BCUT2D eigenvalue weighted by molar-refractivity contribution is 7.21. The van der Waals surface area contributed by atoms with Crippen LogP contribution in [-0.4, -0.2) is 18.5 Å². The maximum Gasteiger partial charge on any atom is 0.261 e. The summed E-state index contributed by atoms with van der Waals surface area (Å²) >= 11 is 1.33. The van der Waals surface area contributed by atoms with Gasteiger partial charge in [-0.05, 0) is 43.4 Å². The molecule has 2 aromatic rings. The molecule has 0 bridgehead atoms. The van der Waals surface area contributed by atoms with E-state index in [4.69, 9.17) is 5.73 Å². The van der Waals surface area contributed by atoms with E-state index in [0.717, 1.165) is 17.5 Å². The number of rotatable bonds is 4. The van der Waals surface area contributed by atoms with Gasteiger partial charge in [-0.1, -0.05) is 6.07 Å². The summed E-state index contributed by atoms with van der Waals surface area (Å²) in [4.78, 5) is 12.8. The van der Waals surface area contributed by atoms with Gasteiger partial charge in [-0.15, -0.1) is 11.3 Å². The van der Waals surface area contributed by atoms with Gasteiger partial charge in [0.15, 0.2) is 0 Å². The minimum atomic E-state index is -0.273. The second-order valence-corrected chi connectivity index (χ2v) is 6.43. The molecule has 5 heteroatoms. The van der Waals surface area contributed by atoms with Gasteiger partial charge in [-0.3, -0.25) is 4.79 Å². The summed E-state index contributed by atoms with van der Waals surface area (Å²) in [6.07, 6.45) is 2.31. The molecule has 1 aromatic heterocycles. The van der Waals surface area contributed by atoms with Gasteiger partial charge in [0.2, 0.25) is 0 Å². The Morgan fingerprint density at radius 1 is 1.55 bits per heavy atom. The number of fused-ring (bicyclic) bond motifs is 1. The van der Waals surface area contributed by atoms with E-state index < -0.39 is 0 Å². The number of hydrogen-bond donors (Lipinski definition) is 2. The van der Waals surface area contributed by atoms with Crippen LogP contribution in [0.25, 0.3) is 10.1 Å². The van der Waals surface area contributed by atoms with E-state index in [9.17, 15) is 9.18 Å². The lowest BCUT2D eigenvalue weighted by atomic mass is 10.1. The molecule has 3 N–H and O–H groups in total. The molecule has 1 heterocycles. The van der Waals surface area contributed by atoms with Crippen molar-refractivity contribution in [1.29, 1.82) is 0 Å². The molecule has 3 nitrogen and oxygen atoms in total. The molecule has 3 rings (SSSR count). The first kappa shape index (κ1) is 13.5. The number of carbonyl (C=O) groups is 1. The zero-order valence-corrected chi connectivity index (χ0v) is 12.1. The van der Waals surface area contributed by atoms with Crippen LogP contribution in [0, 0.1) is 18.7 Å². The summed E-state index contributed by atoms with van der Waals surface area (Å²) in [5, 5.41) is 3.42. The van der Waals surface area contributed by atoms with Crippen LogP contribution in [0.2, 0.25) is 0 Å². The van der Waals surface area contributed by atoms with Crippen LogP contribution in [0.15, 0.2) is 18.2 Å². The summed E-state index contributed by atoms with van der Waals surface area (Å²) in [7, 11) is 0. The van der Waals surface area contributed by atoms with Gasteiger partial charge >= 0.3 is 0 Å². The number of amides is 1.